The van der Waals surface area contributed by atoms with Gasteiger partial charge in [-0.2, -0.15) is 0 Å². The molecule has 0 spiro atoms. The molecular formula is H2Li2MnNi. The summed E-state index contributed by atoms with van der Waals surface area (Å²) in [4.78, 5) is 0. The van der Waals surface area contributed by atoms with E-state index in [9.17, 15) is 0 Å². The van der Waals surface area contributed by atoms with Gasteiger partial charge < -0.3 is 2.85 Å². The molecule has 0 aliphatic heterocycles. The first-order valence-corrected chi connectivity index (χ1v) is 0. The quantitative estimate of drug-likeness (QED) is 0.286. The van der Waals surface area contributed by atoms with Gasteiger partial charge in [-0.1, -0.05) is 0 Å². The molecule has 0 aromatic carbocycles. The van der Waals surface area contributed by atoms with Crippen molar-refractivity contribution in [1.29, 1.82) is 0 Å². The first-order chi connectivity index (χ1) is 0. The van der Waals surface area contributed by atoms with E-state index in [1.807, 2.05) is 0 Å². The molecule has 0 aromatic rings. The van der Waals surface area contributed by atoms with Crippen LogP contribution in [0.25, 0.3) is 0 Å². The summed E-state index contributed by atoms with van der Waals surface area (Å²) in [5, 5.41) is 0. The molecule has 0 amide bonds. The third-order valence-corrected chi connectivity index (χ3v) is 0. The Kier molecular flexibility index (Phi) is 163. The third kappa shape index (κ3) is 8.88. The zero-order valence-corrected chi connectivity index (χ0v) is 4.86. The van der Waals surface area contributed by atoms with Crippen molar-refractivity contribution in [3.63, 3.8) is 0 Å². The monoisotopic (exact) mass is 129 g/mol. The van der Waals surface area contributed by atoms with Gasteiger partial charge in [0.25, 0.3) is 0 Å². The van der Waals surface area contributed by atoms with Crippen LogP contribution in [0.2, 0.25) is 0 Å². The van der Waals surface area contributed by atoms with E-state index in [0.717, 1.165) is 0 Å². The minimum atomic E-state index is 0. The van der Waals surface area contributed by atoms with Crippen molar-refractivity contribution in [1.82, 2.24) is 0 Å². The standard InChI is InChI=1S/2Li.Mn.Ni.2H/q2*+1;;;2*-1. The van der Waals surface area contributed by atoms with Crippen molar-refractivity contribution in [2.75, 3.05) is 0 Å². The van der Waals surface area contributed by atoms with Gasteiger partial charge in [-0.25, -0.2) is 0 Å². The molecule has 0 saturated heterocycles. The maximum absolute atomic E-state index is 0. The Balaban J connectivity index is 0. The summed E-state index contributed by atoms with van der Waals surface area (Å²) in [5.74, 6) is 0. The Hall–Kier alpha value is 2.21. The molecule has 4 heavy (non-hydrogen) atoms. The first-order valence-electron chi connectivity index (χ1n) is 0. The van der Waals surface area contributed by atoms with E-state index in [1.165, 1.54) is 0 Å². The zero-order chi connectivity index (χ0) is 0. The normalized spacial score (nSPS) is 0. The Bertz CT molecular complexity index is 11.5. The smallest absolute Gasteiger partial charge is 1.00 e. The summed E-state index contributed by atoms with van der Waals surface area (Å²) >= 11 is 0. The molecule has 4 heteroatoms. The third-order valence-electron chi connectivity index (χ3n) is 0. The van der Waals surface area contributed by atoms with Crippen molar-refractivity contribution in [2.24, 2.45) is 0 Å². The van der Waals surface area contributed by atoms with Crippen LogP contribution in [0.1, 0.15) is 2.85 Å². The predicted octanol–water partition coefficient (Wildman–Crippen LogP) is -5.77. The fraction of sp³-hybridized carbons (Fsp3) is 0. The zero-order valence-electron chi connectivity index (χ0n) is 4.69. The molecule has 0 nitrogen and oxygen atoms in total. The van der Waals surface area contributed by atoms with E-state index in [1.54, 1.807) is 0 Å². The van der Waals surface area contributed by atoms with Crippen molar-refractivity contribution in [3.05, 3.63) is 0 Å². The van der Waals surface area contributed by atoms with Gasteiger partial charge in [0.2, 0.25) is 0 Å². The molecule has 1 radical (unpaired) electrons. The molecule has 0 aliphatic carbocycles. The average Bonchev–Trinajstić information content (AvgIpc) is 0. The van der Waals surface area contributed by atoms with E-state index in [-0.39, 0.29) is 74.1 Å². The van der Waals surface area contributed by atoms with Gasteiger partial charge in [0.1, 0.15) is 0 Å². The van der Waals surface area contributed by atoms with E-state index in [4.69, 9.17) is 0 Å². The van der Waals surface area contributed by atoms with Crippen LogP contribution in [-0.2, 0) is 33.6 Å². The molecule has 0 bridgehead atoms. The van der Waals surface area contributed by atoms with Gasteiger partial charge in [-0.15, -0.1) is 0 Å². The van der Waals surface area contributed by atoms with Crippen LogP contribution >= 0.6 is 0 Å². The van der Waals surface area contributed by atoms with Crippen molar-refractivity contribution in [2.45, 2.75) is 0 Å². The molecule has 0 N–H and O–H groups in total. The molecule has 0 rings (SSSR count). The summed E-state index contributed by atoms with van der Waals surface area (Å²) < 4.78 is 0. The Morgan fingerprint density at radius 1 is 1.00 bits per heavy atom. The van der Waals surface area contributed by atoms with Crippen LogP contribution in [0.3, 0.4) is 0 Å². The second-order valence-corrected chi connectivity index (χ2v) is 0. The summed E-state index contributed by atoms with van der Waals surface area (Å²) in [6, 6.07) is 0. The second-order valence-electron chi connectivity index (χ2n) is 0. The molecule has 0 fully saturated rings. The molecule has 0 heterocycles. The number of hydrogen-bond acceptors (Lipinski definition) is 0. The van der Waals surface area contributed by atoms with Crippen LogP contribution in [0.5, 0.6) is 0 Å². The molecule has 0 saturated carbocycles. The summed E-state index contributed by atoms with van der Waals surface area (Å²) in [5.41, 5.74) is 0. The van der Waals surface area contributed by atoms with E-state index >= 15 is 0 Å². The fourth-order valence-corrected chi connectivity index (χ4v) is 0. The predicted molar refractivity (Wildman–Crippen MR) is 2.22 cm³/mol. The molecular weight excluding hydrogens is 128 g/mol. The Labute approximate surface area is 73.6 Å². The maximum atomic E-state index is 0. The summed E-state index contributed by atoms with van der Waals surface area (Å²) in [6.45, 7) is 0. The van der Waals surface area contributed by atoms with Crippen LogP contribution in [0.15, 0.2) is 0 Å². The molecule has 21 valence electrons. The van der Waals surface area contributed by atoms with E-state index in [0.29, 0.717) is 0 Å². The van der Waals surface area contributed by atoms with Gasteiger partial charge in [-0.3, -0.25) is 0 Å². The fourth-order valence-electron chi connectivity index (χ4n) is 0. The van der Waals surface area contributed by atoms with Gasteiger partial charge in [0, 0.05) is 33.6 Å². The molecule has 0 aliphatic rings. The Morgan fingerprint density at radius 3 is 1.00 bits per heavy atom. The molecule has 0 unspecified atom stereocenters. The maximum Gasteiger partial charge on any atom is 1.00 e. The topological polar surface area (TPSA) is 0 Å². The van der Waals surface area contributed by atoms with Gasteiger partial charge >= 0.3 is 37.7 Å². The summed E-state index contributed by atoms with van der Waals surface area (Å²) in [6.07, 6.45) is 0. The van der Waals surface area contributed by atoms with Crippen LogP contribution in [0.4, 0.5) is 0 Å². The van der Waals surface area contributed by atoms with Crippen LogP contribution < -0.4 is 37.7 Å². The van der Waals surface area contributed by atoms with Crippen LogP contribution in [-0.4, -0.2) is 0 Å². The van der Waals surface area contributed by atoms with Gasteiger partial charge in [-0.05, 0) is 0 Å². The van der Waals surface area contributed by atoms with E-state index < -0.39 is 0 Å². The minimum Gasteiger partial charge on any atom is -1.00 e. The van der Waals surface area contributed by atoms with Gasteiger partial charge in [0.15, 0.2) is 0 Å². The first kappa shape index (κ1) is 34.5. The SMILES string of the molecule is [H-].[H-].[Li+].[Li+].[Mn].[Ni]. The number of hydrogen-bond donors (Lipinski definition) is 0. The second kappa shape index (κ2) is 18.9. The van der Waals surface area contributed by atoms with E-state index in [2.05, 4.69) is 0 Å². The largest absolute Gasteiger partial charge is 1.00 e. The number of rotatable bonds is 0. The van der Waals surface area contributed by atoms with Crippen molar-refractivity contribution < 1.29 is 74.1 Å². The van der Waals surface area contributed by atoms with Crippen LogP contribution in [0, 0.1) is 0 Å². The molecule has 0 aromatic heterocycles. The minimum absolute atomic E-state index is 0. The van der Waals surface area contributed by atoms with Crippen molar-refractivity contribution in [3.8, 4) is 0 Å². The Morgan fingerprint density at radius 2 is 1.00 bits per heavy atom. The summed E-state index contributed by atoms with van der Waals surface area (Å²) in [7, 11) is 0. The molecule has 0 atom stereocenters. The average molecular weight is 130 g/mol. The van der Waals surface area contributed by atoms with Gasteiger partial charge in [0.05, 0.1) is 0 Å². The van der Waals surface area contributed by atoms with Crippen molar-refractivity contribution >= 4 is 0 Å².